The number of hydrogen-bond donors (Lipinski definition) is 1. The number of hydrogen-bond acceptors (Lipinski definition) is 2. The van der Waals surface area contributed by atoms with Crippen LogP contribution in [-0.2, 0) is 15.7 Å². The van der Waals surface area contributed by atoms with Gasteiger partial charge in [0.05, 0.1) is 17.6 Å². The van der Waals surface area contributed by atoms with E-state index < -0.39 is 35.5 Å². The Morgan fingerprint density at radius 2 is 2.05 bits per heavy atom. The minimum atomic E-state index is -4.79. The fourth-order valence-corrected chi connectivity index (χ4v) is 2.15. The standard InChI is InChI=1S/C12H11F4NO2/c13-9-2-1-6(5-8(9)12(14,15)16)10-7(11(17)18)3-4-19-10/h1-2,5,7,10H,3-4H2,(H2,17,18). The molecule has 104 valence electrons. The van der Waals surface area contributed by atoms with Crippen LogP contribution >= 0.6 is 0 Å². The second-order valence-electron chi connectivity index (χ2n) is 4.33. The van der Waals surface area contributed by atoms with Gasteiger partial charge in [0.15, 0.2) is 0 Å². The van der Waals surface area contributed by atoms with E-state index >= 15 is 0 Å². The van der Waals surface area contributed by atoms with Crippen LogP contribution in [-0.4, -0.2) is 12.5 Å². The number of primary amides is 1. The Hall–Kier alpha value is -1.63. The molecule has 1 fully saturated rings. The number of ether oxygens (including phenoxy) is 1. The molecular weight excluding hydrogens is 266 g/mol. The van der Waals surface area contributed by atoms with Crippen molar-refractivity contribution >= 4 is 5.91 Å². The van der Waals surface area contributed by atoms with E-state index in [1.807, 2.05) is 0 Å². The third-order valence-corrected chi connectivity index (χ3v) is 3.08. The fraction of sp³-hybridized carbons (Fsp3) is 0.417. The van der Waals surface area contributed by atoms with Crippen LogP contribution in [0, 0.1) is 11.7 Å². The monoisotopic (exact) mass is 277 g/mol. The van der Waals surface area contributed by atoms with E-state index in [1.165, 1.54) is 6.07 Å². The number of rotatable bonds is 2. The molecule has 0 saturated carbocycles. The van der Waals surface area contributed by atoms with E-state index in [2.05, 4.69) is 0 Å². The average Bonchev–Trinajstić information content (AvgIpc) is 2.77. The van der Waals surface area contributed by atoms with Crippen LogP contribution in [0.5, 0.6) is 0 Å². The molecule has 1 aromatic carbocycles. The summed E-state index contributed by atoms with van der Waals surface area (Å²) in [5, 5.41) is 0. The molecule has 1 aliphatic heterocycles. The lowest BCUT2D eigenvalue weighted by molar-refractivity contribution is -0.140. The van der Waals surface area contributed by atoms with Crippen molar-refractivity contribution in [1.29, 1.82) is 0 Å². The lowest BCUT2D eigenvalue weighted by Gasteiger charge is -2.18. The molecule has 2 atom stereocenters. The van der Waals surface area contributed by atoms with Gasteiger partial charge in [0, 0.05) is 6.61 Å². The Morgan fingerprint density at radius 3 is 2.63 bits per heavy atom. The third kappa shape index (κ3) is 2.70. The zero-order valence-corrected chi connectivity index (χ0v) is 9.71. The first-order valence-corrected chi connectivity index (χ1v) is 5.58. The molecule has 1 aromatic rings. The summed E-state index contributed by atoms with van der Waals surface area (Å²) in [6, 6.07) is 2.57. The molecule has 1 aliphatic rings. The number of alkyl halides is 3. The van der Waals surface area contributed by atoms with Gasteiger partial charge in [-0.2, -0.15) is 13.2 Å². The van der Waals surface area contributed by atoms with Crippen molar-refractivity contribution < 1.29 is 27.1 Å². The summed E-state index contributed by atoms with van der Waals surface area (Å²) >= 11 is 0. The van der Waals surface area contributed by atoms with Gasteiger partial charge in [-0.3, -0.25) is 4.79 Å². The quantitative estimate of drug-likeness (QED) is 0.844. The highest BCUT2D eigenvalue weighted by Gasteiger charge is 2.38. The van der Waals surface area contributed by atoms with Crippen LogP contribution < -0.4 is 5.73 Å². The van der Waals surface area contributed by atoms with Crippen molar-refractivity contribution in [3.63, 3.8) is 0 Å². The molecule has 2 unspecified atom stereocenters. The first kappa shape index (κ1) is 13.8. The predicted molar refractivity (Wildman–Crippen MR) is 57.4 cm³/mol. The van der Waals surface area contributed by atoms with Gasteiger partial charge < -0.3 is 10.5 Å². The van der Waals surface area contributed by atoms with Crippen LogP contribution in [0.25, 0.3) is 0 Å². The molecule has 0 radical (unpaired) electrons. The van der Waals surface area contributed by atoms with E-state index in [9.17, 15) is 22.4 Å². The molecule has 3 nitrogen and oxygen atoms in total. The maximum absolute atomic E-state index is 13.2. The summed E-state index contributed by atoms with van der Waals surface area (Å²) in [6.07, 6.45) is -5.29. The molecule has 1 saturated heterocycles. The highest BCUT2D eigenvalue weighted by atomic mass is 19.4. The van der Waals surface area contributed by atoms with Crippen molar-refractivity contribution in [2.45, 2.75) is 18.7 Å². The lowest BCUT2D eigenvalue weighted by atomic mass is 9.93. The molecule has 0 aromatic heterocycles. The van der Waals surface area contributed by atoms with Crippen molar-refractivity contribution in [3.8, 4) is 0 Å². The molecule has 2 N–H and O–H groups in total. The lowest BCUT2D eigenvalue weighted by Crippen LogP contribution is -2.26. The summed E-state index contributed by atoms with van der Waals surface area (Å²) in [4.78, 5) is 11.2. The van der Waals surface area contributed by atoms with Gasteiger partial charge in [0.2, 0.25) is 5.91 Å². The molecule has 0 aliphatic carbocycles. The van der Waals surface area contributed by atoms with Gasteiger partial charge >= 0.3 is 6.18 Å². The van der Waals surface area contributed by atoms with Crippen LogP contribution in [0.15, 0.2) is 18.2 Å². The SMILES string of the molecule is NC(=O)C1CCOC1c1ccc(F)c(C(F)(F)F)c1. The molecular formula is C12H11F4NO2. The highest BCUT2D eigenvalue weighted by molar-refractivity contribution is 5.77. The number of carbonyl (C=O) groups is 1. The Balaban J connectivity index is 2.38. The highest BCUT2D eigenvalue weighted by Crippen LogP contribution is 2.38. The first-order valence-electron chi connectivity index (χ1n) is 5.58. The molecule has 0 spiro atoms. The zero-order chi connectivity index (χ0) is 14.2. The third-order valence-electron chi connectivity index (χ3n) is 3.08. The second-order valence-corrected chi connectivity index (χ2v) is 4.33. The van der Waals surface area contributed by atoms with Crippen molar-refractivity contribution in [2.75, 3.05) is 6.61 Å². The average molecular weight is 277 g/mol. The molecule has 0 bridgehead atoms. The number of amides is 1. The second kappa shape index (κ2) is 4.80. The van der Waals surface area contributed by atoms with E-state index in [0.717, 1.165) is 6.07 Å². The van der Waals surface area contributed by atoms with Crippen LogP contribution in [0.1, 0.15) is 23.7 Å². The van der Waals surface area contributed by atoms with Crippen LogP contribution in [0.2, 0.25) is 0 Å². The van der Waals surface area contributed by atoms with Gasteiger partial charge in [0.25, 0.3) is 0 Å². The van der Waals surface area contributed by atoms with Crippen molar-refractivity contribution in [2.24, 2.45) is 11.7 Å². The van der Waals surface area contributed by atoms with Gasteiger partial charge in [-0.15, -0.1) is 0 Å². The minimum absolute atomic E-state index is 0.107. The maximum Gasteiger partial charge on any atom is 0.419 e. The predicted octanol–water partition coefficient (Wildman–Crippen LogP) is 2.41. The molecule has 2 rings (SSSR count). The molecule has 1 heterocycles. The Morgan fingerprint density at radius 1 is 1.37 bits per heavy atom. The van der Waals surface area contributed by atoms with Crippen molar-refractivity contribution in [3.05, 3.63) is 35.1 Å². The van der Waals surface area contributed by atoms with E-state index in [1.54, 1.807) is 0 Å². The zero-order valence-electron chi connectivity index (χ0n) is 9.71. The van der Waals surface area contributed by atoms with Gasteiger partial charge in [-0.25, -0.2) is 4.39 Å². The normalized spacial score (nSPS) is 23.6. The summed E-state index contributed by atoms with van der Waals surface area (Å²) in [7, 11) is 0. The van der Waals surface area contributed by atoms with Gasteiger partial charge in [-0.05, 0) is 24.1 Å². The van der Waals surface area contributed by atoms with Crippen LogP contribution in [0.3, 0.4) is 0 Å². The van der Waals surface area contributed by atoms with Gasteiger partial charge in [-0.1, -0.05) is 6.07 Å². The Labute approximate surface area is 106 Å². The van der Waals surface area contributed by atoms with Gasteiger partial charge in [0.1, 0.15) is 5.82 Å². The summed E-state index contributed by atoms with van der Waals surface area (Å²) in [5.74, 6) is -2.68. The maximum atomic E-state index is 13.2. The number of nitrogens with two attached hydrogens (primary N) is 1. The Bertz CT molecular complexity index is 501. The minimum Gasteiger partial charge on any atom is -0.373 e. The van der Waals surface area contributed by atoms with Crippen molar-refractivity contribution in [1.82, 2.24) is 0 Å². The smallest absolute Gasteiger partial charge is 0.373 e. The number of halogens is 4. The first-order chi connectivity index (χ1) is 8.80. The fourth-order valence-electron chi connectivity index (χ4n) is 2.15. The summed E-state index contributed by atoms with van der Waals surface area (Å²) in [5.41, 5.74) is 3.90. The molecule has 19 heavy (non-hydrogen) atoms. The molecule has 1 amide bonds. The summed E-state index contributed by atoms with van der Waals surface area (Å²) < 4.78 is 56.2. The number of benzene rings is 1. The topological polar surface area (TPSA) is 52.3 Å². The van der Waals surface area contributed by atoms with E-state index in [-0.39, 0.29) is 12.2 Å². The Kier molecular flexibility index (Phi) is 3.49. The van der Waals surface area contributed by atoms with E-state index in [4.69, 9.17) is 10.5 Å². The van der Waals surface area contributed by atoms with E-state index in [0.29, 0.717) is 12.5 Å². The largest absolute Gasteiger partial charge is 0.419 e. The number of carbonyl (C=O) groups excluding carboxylic acids is 1. The molecule has 7 heteroatoms. The summed E-state index contributed by atoms with van der Waals surface area (Å²) in [6.45, 7) is 0.233. The van der Waals surface area contributed by atoms with Crippen LogP contribution in [0.4, 0.5) is 17.6 Å².